The van der Waals surface area contributed by atoms with Crippen molar-refractivity contribution in [3.63, 3.8) is 0 Å². The van der Waals surface area contributed by atoms with Gasteiger partial charge in [-0.1, -0.05) is 0 Å². The molecule has 0 bridgehead atoms. The Morgan fingerprint density at radius 1 is 1.42 bits per heavy atom. The number of carbonyl (C=O) groups excluding carboxylic acids is 1. The number of hydrogen-bond donors (Lipinski definition) is 0. The average molecular weight is 169 g/mol. The highest BCUT2D eigenvalue weighted by Crippen LogP contribution is 2.46. The topological polar surface area (TPSA) is 29.5 Å². The van der Waals surface area contributed by atoms with E-state index in [1.54, 1.807) is 0 Å². The first-order valence-electron chi connectivity index (χ1n) is 4.44. The molecule has 3 nitrogen and oxygen atoms in total. The van der Waals surface area contributed by atoms with Crippen molar-refractivity contribution in [2.24, 2.45) is 0 Å². The summed E-state index contributed by atoms with van der Waals surface area (Å²) in [6.07, 6.45) is 1.96. The third-order valence-corrected chi connectivity index (χ3v) is 2.59. The number of carbonyl (C=O) groups is 1. The maximum Gasteiger partial charge on any atom is 0.410 e. The van der Waals surface area contributed by atoms with Crippen LogP contribution < -0.4 is 0 Å². The zero-order chi connectivity index (χ0) is 8.98. The summed E-state index contributed by atoms with van der Waals surface area (Å²) in [5, 5.41) is 0. The molecular formula is C9H15NO2. The molecular weight excluding hydrogens is 154 g/mol. The summed E-state index contributed by atoms with van der Waals surface area (Å²) < 4.78 is 5.29. The van der Waals surface area contributed by atoms with Crippen molar-refractivity contribution in [2.75, 3.05) is 6.54 Å². The summed E-state index contributed by atoms with van der Waals surface area (Å²) in [5.74, 6) is 0. The van der Waals surface area contributed by atoms with E-state index in [2.05, 4.69) is 0 Å². The zero-order valence-electron chi connectivity index (χ0n) is 7.89. The minimum atomic E-state index is -0.139. The van der Waals surface area contributed by atoms with Crippen LogP contribution in [0.5, 0.6) is 0 Å². The van der Waals surface area contributed by atoms with E-state index in [0.29, 0.717) is 0 Å². The Balaban J connectivity index is 2.14. The highest BCUT2D eigenvalue weighted by Gasteiger charge is 2.56. The lowest BCUT2D eigenvalue weighted by molar-refractivity contribution is 0.114. The summed E-state index contributed by atoms with van der Waals surface area (Å²) in [5.41, 5.74) is -0.173. The zero-order valence-corrected chi connectivity index (χ0v) is 7.89. The molecule has 0 aromatic heterocycles. The monoisotopic (exact) mass is 169 g/mol. The van der Waals surface area contributed by atoms with Crippen molar-refractivity contribution in [2.45, 2.75) is 44.8 Å². The first kappa shape index (κ1) is 7.90. The van der Waals surface area contributed by atoms with Crippen molar-refractivity contribution in [1.82, 2.24) is 4.90 Å². The molecule has 2 aliphatic rings. The summed E-state index contributed by atoms with van der Waals surface area (Å²) in [7, 11) is 0. The third kappa shape index (κ3) is 1.08. The quantitative estimate of drug-likeness (QED) is 0.553. The van der Waals surface area contributed by atoms with E-state index in [4.69, 9.17) is 4.74 Å². The molecule has 3 heteroatoms. The fourth-order valence-electron chi connectivity index (χ4n) is 1.54. The van der Waals surface area contributed by atoms with E-state index in [0.717, 1.165) is 19.4 Å². The Bertz CT molecular complexity index is 225. The lowest BCUT2D eigenvalue weighted by Crippen LogP contribution is -2.42. The second-order valence-corrected chi connectivity index (χ2v) is 4.81. The molecule has 1 aliphatic heterocycles. The highest BCUT2D eigenvalue weighted by atomic mass is 16.6. The van der Waals surface area contributed by atoms with Crippen molar-refractivity contribution in [1.29, 1.82) is 0 Å². The largest absolute Gasteiger partial charge is 0.441 e. The molecule has 0 aromatic rings. The first-order chi connectivity index (χ1) is 5.43. The van der Waals surface area contributed by atoms with Gasteiger partial charge in [-0.3, -0.25) is 4.90 Å². The van der Waals surface area contributed by atoms with Crippen LogP contribution in [-0.4, -0.2) is 28.7 Å². The second-order valence-electron chi connectivity index (χ2n) is 4.81. The van der Waals surface area contributed by atoms with Crippen molar-refractivity contribution >= 4 is 6.09 Å². The van der Waals surface area contributed by atoms with Gasteiger partial charge in [0.15, 0.2) is 0 Å². The van der Waals surface area contributed by atoms with Gasteiger partial charge in [-0.15, -0.1) is 0 Å². The number of ether oxygens (including phenoxy) is 1. The van der Waals surface area contributed by atoms with Gasteiger partial charge >= 0.3 is 6.09 Å². The van der Waals surface area contributed by atoms with Gasteiger partial charge in [0, 0.05) is 5.54 Å². The molecule has 0 atom stereocenters. The minimum absolute atomic E-state index is 0.0790. The molecule has 1 saturated carbocycles. The van der Waals surface area contributed by atoms with Crippen LogP contribution in [0.2, 0.25) is 0 Å². The molecule has 68 valence electrons. The Kier molecular flexibility index (Phi) is 1.28. The summed E-state index contributed by atoms with van der Waals surface area (Å²) >= 11 is 0. The fourth-order valence-corrected chi connectivity index (χ4v) is 1.54. The maximum atomic E-state index is 11.4. The molecule has 1 heterocycles. The lowest BCUT2D eigenvalue weighted by atomic mass is 10.1. The van der Waals surface area contributed by atoms with E-state index < -0.39 is 0 Å². The summed E-state index contributed by atoms with van der Waals surface area (Å²) in [6, 6.07) is 0. The molecule has 2 fully saturated rings. The van der Waals surface area contributed by atoms with Gasteiger partial charge in [0.2, 0.25) is 0 Å². The Hall–Kier alpha value is -0.730. The number of nitrogens with zero attached hydrogens (tertiary/aromatic N) is 1. The van der Waals surface area contributed by atoms with Gasteiger partial charge in [-0.25, -0.2) is 4.79 Å². The van der Waals surface area contributed by atoms with Gasteiger partial charge in [0.25, 0.3) is 0 Å². The predicted molar refractivity (Wildman–Crippen MR) is 44.9 cm³/mol. The van der Waals surface area contributed by atoms with E-state index in [-0.39, 0.29) is 17.2 Å². The molecule has 1 amide bonds. The van der Waals surface area contributed by atoms with E-state index in [1.165, 1.54) is 0 Å². The van der Waals surface area contributed by atoms with Crippen LogP contribution in [0.1, 0.15) is 33.6 Å². The maximum absolute atomic E-state index is 11.4. The second kappa shape index (κ2) is 1.95. The SMILES string of the molecule is CC(C)(C)N1CC2(CC2)OC1=O. The summed E-state index contributed by atoms with van der Waals surface area (Å²) in [6.45, 7) is 6.90. The van der Waals surface area contributed by atoms with Gasteiger partial charge in [-0.05, 0) is 33.6 Å². The molecule has 1 aliphatic carbocycles. The molecule has 0 N–H and O–H groups in total. The van der Waals surface area contributed by atoms with Crippen LogP contribution in [0.4, 0.5) is 4.79 Å². The van der Waals surface area contributed by atoms with Crippen LogP contribution in [0.25, 0.3) is 0 Å². The van der Waals surface area contributed by atoms with Crippen molar-refractivity contribution < 1.29 is 9.53 Å². The van der Waals surface area contributed by atoms with Crippen LogP contribution in [0.3, 0.4) is 0 Å². The number of hydrogen-bond acceptors (Lipinski definition) is 2. The number of amides is 1. The fraction of sp³-hybridized carbons (Fsp3) is 0.889. The molecule has 1 spiro atoms. The van der Waals surface area contributed by atoms with Gasteiger partial charge in [0.1, 0.15) is 5.60 Å². The first-order valence-corrected chi connectivity index (χ1v) is 4.44. The Morgan fingerprint density at radius 3 is 2.25 bits per heavy atom. The lowest BCUT2D eigenvalue weighted by Gasteiger charge is -2.29. The van der Waals surface area contributed by atoms with E-state index >= 15 is 0 Å². The van der Waals surface area contributed by atoms with Gasteiger partial charge < -0.3 is 4.74 Å². The average Bonchev–Trinajstić information content (AvgIpc) is 2.51. The van der Waals surface area contributed by atoms with E-state index in [1.807, 2.05) is 25.7 Å². The minimum Gasteiger partial charge on any atom is -0.441 e. The molecule has 0 aromatic carbocycles. The smallest absolute Gasteiger partial charge is 0.410 e. The number of rotatable bonds is 0. The Morgan fingerprint density at radius 2 is 2.00 bits per heavy atom. The van der Waals surface area contributed by atoms with Gasteiger partial charge in [0.05, 0.1) is 6.54 Å². The molecule has 0 radical (unpaired) electrons. The molecule has 2 rings (SSSR count). The molecule has 0 unspecified atom stereocenters. The van der Waals surface area contributed by atoms with Crippen LogP contribution in [-0.2, 0) is 4.74 Å². The van der Waals surface area contributed by atoms with Crippen LogP contribution >= 0.6 is 0 Å². The standard InChI is InChI=1S/C9H15NO2/c1-8(2,3)10-6-9(4-5-9)12-7(10)11/h4-6H2,1-3H3. The Labute approximate surface area is 72.7 Å². The van der Waals surface area contributed by atoms with Crippen molar-refractivity contribution in [3.8, 4) is 0 Å². The van der Waals surface area contributed by atoms with Crippen LogP contribution in [0, 0.1) is 0 Å². The third-order valence-electron chi connectivity index (χ3n) is 2.59. The van der Waals surface area contributed by atoms with Crippen LogP contribution in [0.15, 0.2) is 0 Å². The molecule has 12 heavy (non-hydrogen) atoms. The van der Waals surface area contributed by atoms with E-state index in [9.17, 15) is 4.79 Å². The van der Waals surface area contributed by atoms with Gasteiger partial charge in [-0.2, -0.15) is 0 Å². The normalized spacial score (nSPS) is 26.2. The van der Waals surface area contributed by atoms with Crippen molar-refractivity contribution in [3.05, 3.63) is 0 Å². The highest BCUT2D eigenvalue weighted by molar-refractivity contribution is 5.72. The summed E-state index contributed by atoms with van der Waals surface area (Å²) in [4.78, 5) is 13.2. The molecule has 1 saturated heterocycles. The predicted octanol–water partition coefficient (Wildman–Crippen LogP) is 1.77.